The molecule has 1 heterocycles. The minimum Gasteiger partial charge on any atom is -0.497 e. The van der Waals surface area contributed by atoms with Gasteiger partial charge in [-0.05, 0) is 63.2 Å². The van der Waals surface area contributed by atoms with Crippen molar-refractivity contribution in [3.63, 3.8) is 0 Å². The second kappa shape index (κ2) is 9.35. The fraction of sp³-hybridized carbons (Fsp3) is 0.304. The minimum atomic E-state index is -0.790. The molecule has 0 aliphatic heterocycles. The molecule has 0 aliphatic carbocycles. The molecule has 0 unspecified atom stereocenters. The van der Waals surface area contributed by atoms with Crippen LogP contribution < -0.4 is 9.47 Å². The van der Waals surface area contributed by atoms with E-state index in [1.807, 2.05) is 0 Å². The average Bonchev–Trinajstić information content (AvgIpc) is 3.13. The van der Waals surface area contributed by atoms with Crippen LogP contribution in [0.3, 0.4) is 0 Å². The molecule has 0 fully saturated rings. The van der Waals surface area contributed by atoms with E-state index in [4.69, 9.17) is 23.4 Å². The van der Waals surface area contributed by atoms with E-state index < -0.39 is 18.0 Å². The molecule has 7 heteroatoms. The first-order chi connectivity index (χ1) is 14.5. The molecule has 7 nitrogen and oxygen atoms in total. The van der Waals surface area contributed by atoms with Crippen LogP contribution in [0.2, 0.25) is 0 Å². The molecule has 1 aromatic heterocycles. The summed E-state index contributed by atoms with van der Waals surface area (Å²) in [6.07, 6.45) is -0.790. The van der Waals surface area contributed by atoms with Gasteiger partial charge < -0.3 is 23.4 Å². The van der Waals surface area contributed by atoms with Gasteiger partial charge in [0.25, 0.3) is 0 Å². The topological polar surface area (TPSA) is 84.2 Å². The van der Waals surface area contributed by atoms with E-state index in [-0.39, 0.29) is 13.2 Å². The van der Waals surface area contributed by atoms with Crippen molar-refractivity contribution in [3.8, 4) is 22.8 Å². The zero-order valence-corrected chi connectivity index (χ0v) is 17.4. The van der Waals surface area contributed by atoms with Crippen LogP contribution in [0.25, 0.3) is 22.3 Å². The van der Waals surface area contributed by atoms with Crippen LogP contribution in [0.1, 0.15) is 31.1 Å². The zero-order valence-electron chi connectivity index (χ0n) is 17.4. The average molecular weight is 412 g/mol. The molecule has 158 valence electrons. The van der Waals surface area contributed by atoms with Gasteiger partial charge in [-0.25, -0.2) is 9.59 Å². The summed E-state index contributed by atoms with van der Waals surface area (Å²) in [5, 5.41) is 0.535. The first-order valence-electron chi connectivity index (χ1n) is 9.69. The summed E-state index contributed by atoms with van der Waals surface area (Å²) >= 11 is 0. The number of rotatable bonds is 8. The Morgan fingerprint density at radius 1 is 0.967 bits per heavy atom. The molecule has 3 aromatic rings. The molecule has 0 saturated heterocycles. The van der Waals surface area contributed by atoms with Gasteiger partial charge in [-0.3, -0.25) is 0 Å². The third kappa shape index (κ3) is 4.40. The van der Waals surface area contributed by atoms with E-state index in [1.54, 1.807) is 70.3 Å². The summed E-state index contributed by atoms with van der Waals surface area (Å²) in [5.74, 6) is 0.528. The number of esters is 2. The Labute approximate surface area is 174 Å². The Kier molecular flexibility index (Phi) is 6.61. The fourth-order valence-corrected chi connectivity index (χ4v) is 3.01. The van der Waals surface area contributed by atoms with Gasteiger partial charge in [0.15, 0.2) is 6.10 Å². The summed E-state index contributed by atoms with van der Waals surface area (Å²) in [6.45, 7) is 5.57. The predicted octanol–water partition coefficient (Wildman–Crippen LogP) is 4.62. The molecule has 3 rings (SSSR count). The Hall–Kier alpha value is -3.48. The normalized spacial score (nSPS) is 11.7. The highest BCUT2D eigenvalue weighted by Gasteiger charge is 2.24. The number of carbonyl (C=O) groups is 2. The summed E-state index contributed by atoms with van der Waals surface area (Å²) in [5.41, 5.74) is 1.50. The molecular formula is C23H24O7. The van der Waals surface area contributed by atoms with Crippen LogP contribution in [0.15, 0.2) is 46.9 Å². The quantitative estimate of drug-likeness (QED) is 0.499. The molecule has 0 amide bonds. The van der Waals surface area contributed by atoms with Gasteiger partial charge in [0, 0.05) is 10.9 Å². The van der Waals surface area contributed by atoms with Crippen LogP contribution in [0.5, 0.6) is 11.5 Å². The number of methoxy groups -OCH3 is 1. The maximum atomic E-state index is 12.7. The standard InChI is InChI=1S/C23H24O7/c1-5-27-22(24)14(3)29-17-11-12-19-18(13-17)20(23(25)28-6-2)21(30-19)15-7-9-16(26-4)10-8-15/h7-14H,5-6H2,1-4H3/t14-/m1/s1. The summed E-state index contributed by atoms with van der Waals surface area (Å²) in [4.78, 5) is 24.6. The Morgan fingerprint density at radius 3 is 2.27 bits per heavy atom. The second-order valence-corrected chi connectivity index (χ2v) is 6.43. The van der Waals surface area contributed by atoms with Crippen LogP contribution in [0, 0.1) is 0 Å². The first kappa shape index (κ1) is 21.2. The summed E-state index contributed by atoms with van der Waals surface area (Å²) in [7, 11) is 1.58. The van der Waals surface area contributed by atoms with Gasteiger partial charge in [-0.15, -0.1) is 0 Å². The van der Waals surface area contributed by atoms with E-state index in [1.165, 1.54) is 0 Å². The largest absolute Gasteiger partial charge is 0.497 e. The lowest BCUT2D eigenvalue weighted by atomic mass is 10.1. The van der Waals surface area contributed by atoms with Crippen molar-refractivity contribution in [1.82, 2.24) is 0 Å². The van der Waals surface area contributed by atoms with E-state index in [0.717, 1.165) is 0 Å². The highest BCUT2D eigenvalue weighted by Crippen LogP contribution is 2.36. The molecule has 0 spiro atoms. The summed E-state index contributed by atoms with van der Waals surface area (Å²) in [6, 6.07) is 12.2. The van der Waals surface area contributed by atoms with Gasteiger partial charge in [0.05, 0.1) is 20.3 Å². The third-order valence-corrected chi connectivity index (χ3v) is 4.42. The zero-order chi connectivity index (χ0) is 21.7. The van der Waals surface area contributed by atoms with Gasteiger partial charge >= 0.3 is 11.9 Å². The maximum Gasteiger partial charge on any atom is 0.347 e. The molecular weight excluding hydrogens is 388 g/mol. The smallest absolute Gasteiger partial charge is 0.347 e. The summed E-state index contributed by atoms with van der Waals surface area (Å²) < 4.78 is 27.1. The number of benzene rings is 2. The molecule has 30 heavy (non-hydrogen) atoms. The van der Waals surface area contributed by atoms with E-state index in [2.05, 4.69) is 0 Å². The van der Waals surface area contributed by atoms with Crippen molar-refractivity contribution in [2.24, 2.45) is 0 Å². The van der Waals surface area contributed by atoms with Crippen LogP contribution in [0.4, 0.5) is 0 Å². The lowest BCUT2D eigenvalue weighted by Gasteiger charge is -2.13. The van der Waals surface area contributed by atoms with E-state index in [9.17, 15) is 9.59 Å². The van der Waals surface area contributed by atoms with E-state index in [0.29, 0.717) is 39.4 Å². The highest BCUT2D eigenvalue weighted by molar-refractivity contribution is 6.09. The molecule has 0 saturated carbocycles. The van der Waals surface area contributed by atoms with Crippen LogP contribution in [-0.4, -0.2) is 38.4 Å². The molecule has 0 bridgehead atoms. The van der Waals surface area contributed by atoms with Crippen molar-refractivity contribution in [2.75, 3.05) is 20.3 Å². The lowest BCUT2D eigenvalue weighted by Crippen LogP contribution is -2.26. The van der Waals surface area contributed by atoms with Crippen molar-refractivity contribution >= 4 is 22.9 Å². The van der Waals surface area contributed by atoms with Gasteiger partial charge in [-0.2, -0.15) is 0 Å². The number of carbonyl (C=O) groups excluding carboxylic acids is 2. The van der Waals surface area contributed by atoms with Crippen LogP contribution >= 0.6 is 0 Å². The van der Waals surface area contributed by atoms with Crippen LogP contribution in [-0.2, 0) is 14.3 Å². The second-order valence-electron chi connectivity index (χ2n) is 6.43. The van der Waals surface area contributed by atoms with Crippen molar-refractivity contribution < 1.29 is 33.0 Å². The lowest BCUT2D eigenvalue weighted by molar-refractivity contribution is -0.150. The molecule has 0 aliphatic rings. The van der Waals surface area contributed by atoms with Gasteiger partial charge in [0.1, 0.15) is 28.4 Å². The molecule has 1 atom stereocenters. The highest BCUT2D eigenvalue weighted by atomic mass is 16.6. The van der Waals surface area contributed by atoms with Crippen molar-refractivity contribution in [3.05, 3.63) is 48.0 Å². The molecule has 2 aromatic carbocycles. The number of hydrogen-bond acceptors (Lipinski definition) is 7. The third-order valence-electron chi connectivity index (χ3n) is 4.42. The monoisotopic (exact) mass is 412 g/mol. The van der Waals surface area contributed by atoms with Gasteiger partial charge in [-0.1, -0.05) is 0 Å². The van der Waals surface area contributed by atoms with Gasteiger partial charge in [0.2, 0.25) is 0 Å². The Morgan fingerprint density at radius 2 is 1.63 bits per heavy atom. The predicted molar refractivity (Wildman–Crippen MR) is 111 cm³/mol. The fourth-order valence-electron chi connectivity index (χ4n) is 3.01. The number of ether oxygens (including phenoxy) is 4. The minimum absolute atomic E-state index is 0.226. The first-order valence-corrected chi connectivity index (χ1v) is 9.69. The number of fused-ring (bicyclic) bond motifs is 1. The maximum absolute atomic E-state index is 12.7. The SMILES string of the molecule is CCOC(=O)c1c(-c2ccc(OC)cc2)oc2ccc(O[C@H](C)C(=O)OCC)cc12. The molecule has 0 N–H and O–H groups in total. The van der Waals surface area contributed by atoms with Crippen molar-refractivity contribution in [1.29, 1.82) is 0 Å². The van der Waals surface area contributed by atoms with E-state index >= 15 is 0 Å². The van der Waals surface area contributed by atoms with Crippen molar-refractivity contribution in [2.45, 2.75) is 26.9 Å². The number of furan rings is 1. The number of hydrogen-bond donors (Lipinski definition) is 0. The Balaban J connectivity index is 2.05. The Bertz CT molecular complexity index is 1030. The molecule has 0 radical (unpaired) electrons.